The summed E-state index contributed by atoms with van der Waals surface area (Å²) in [5, 5.41) is 5.55. The summed E-state index contributed by atoms with van der Waals surface area (Å²) < 4.78 is 0. The molecule has 0 saturated heterocycles. The van der Waals surface area contributed by atoms with E-state index in [0.29, 0.717) is 5.69 Å². The summed E-state index contributed by atoms with van der Waals surface area (Å²) in [6, 6.07) is 14.9. The third-order valence-electron chi connectivity index (χ3n) is 2.77. The molecule has 2 rings (SSSR count). The van der Waals surface area contributed by atoms with Crippen LogP contribution >= 0.6 is 12.6 Å². The average molecular weight is 272 g/mol. The van der Waals surface area contributed by atoms with Crippen molar-refractivity contribution in [3.8, 4) is 0 Å². The van der Waals surface area contributed by atoms with Gasteiger partial charge in [-0.25, -0.2) is 4.79 Å². The molecule has 0 aromatic heterocycles. The topological polar surface area (TPSA) is 41.1 Å². The summed E-state index contributed by atoms with van der Waals surface area (Å²) in [4.78, 5) is 12.6. The first-order valence-electron chi connectivity index (χ1n) is 6.14. The molecule has 19 heavy (non-hydrogen) atoms. The minimum Gasteiger partial charge on any atom is -0.308 e. The molecule has 98 valence electrons. The number of carbonyl (C=O) groups is 1. The van der Waals surface area contributed by atoms with Crippen LogP contribution in [0.5, 0.6) is 0 Å². The molecule has 0 radical (unpaired) electrons. The van der Waals surface area contributed by atoms with Gasteiger partial charge in [-0.05, 0) is 36.2 Å². The number of nitrogens with one attached hydrogen (secondary N) is 2. The van der Waals surface area contributed by atoms with Gasteiger partial charge in [0.25, 0.3) is 0 Å². The van der Waals surface area contributed by atoms with E-state index >= 15 is 0 Å². The van der Waals surface area contributed by atoms with Gasteiger partial charge in [0.2, 0.25) is 0 Å². The number of hydrogen-bond donors (Lipinski definition) is 3. The first-order valence-corrected chi connectivity index (χ1v) is 6.58. The third kappa shape index (κ3) is 3.76. The Morgan fingerprint density at radius 1 is 1.05 bits per heavy atom. The maximum Gasteiger partial charge on any atom is 0.323 e. The van der Waals surface area contributed by atoms with Gasteiger partial charge in [0.15, 0.2) is 0 Å². The van der Waals surface area contributed by atoms with Gasteiger partial charge in [-0.1, -0.05) is 31.2 Å². The van der Waals surface area contributed by atoms with E-state index in [1.54, 1.807) is 0 Å². The highest BCUT2D eigenvalue weighted by molar-refractivity contribution is 7.80. The second kappa shape index (κ2) is 6.29. The summed E-state index contributed by atoms with van der Waals surface area (Å²) in [6.45, 7) is 2.10. The van der Waals surface area contributed by atoms with E-state index in [1.807, 2.05) is 48.5 Å². The van der Waals surface area contributed by atoms with Crippen molar-refractivity contribution in [1.82, 2.24) is 0 Å². The van der Waals surface area contributed by atoms with Gasteiger partial charge < -0.3 is 10.6 Å². The molecule has 2 aromatic carbocycles. The minimum atomic E-state index is -0.272. The maximum atomic E-state index is 11.8. The molecule has 0 heterocycles. The normalized spacial score (nSPS) is 10.0. The largest absolute Gasteiger partial charge is 0.323 e. The Morgan fingerprint density at radius 2 is 1.74 bits per heavy atom. The van der Waals surface area contributed by atoms with E-state index in [1.165, 1.54) is 5.56 Å². The number of urea groups is 1. The Hall–Kier alpha value is -1.94. The molecule has 0 aliphatic rings. The zero-order chi connectivity index (χ0) is 13.7. The zero-order valence-corrected chi connectivity index (χ0v) is 11.6. The van der Waals surface area contributed by atoms with Crippen LogP contribution in [0.2, 0.25) is 0 Å². The first-order chi connectivity index (χ1) is 9.19. The summed E-state index contributed by atoms with van der Waals surface area (Å²) in [5.41, 5.74) is 2.70. The highest BCUT2D eigenvalue weighted by atomic mass is 32.1. The lowest BCUT2D eigenvalue weighted by Gasteiger charge is -2.09. The molecule has 2 aromatic rings. The Balaban J connectivity index is 1.99. The molecule has 3 nitrogen and oxygen atoms in total. The molecule has 2 N–H and O–H groups in total. The standard InChI is InChI=1S/C15H16N2OS/c1-2-11-7-9-12(10-8-11)16-15(18)17-13-5-3-4-6-14(13)19/h3-10,19H,2H2,1H3,(H2,16,17,18). The molecule has 0 aliphatic heterocycles. The van der Waals surface area contributed by atoms with Crippen LogP contribution in [0.1, 0.15) is 12.5 Å². The molecule has 0 spiro atoms. The number of anilines is 2. The molecule has 0 bridgehead atoms. The number of para-hydroxylation sites is 1. The van der Waals surface area contributed by atoms with Crippen molar-refractivity contribution >= 4 is 30.0 Å². The van der Waals surface area contributed by atoms with Gasteiger partial charge in [0.05, 0.1) is 5.69 Å². The van der Waals surface area contributed by atoms with Crippen LogP contribution in [0.4, 0.5) is 16.2 Å². The summed E-state index contributed by atoms with van der Waals surface area (Å²) in [6.07, 6.45) is 0.986. The number of amides is 2. The molecule has 2 amide bonds. The van der Waals surface area contributed by atoms with Crippen LogP contribution in [0, 0.1) is 0 Å². The van der Waals surface area contributed by atoms with Gasteiger partial charge in [-0.2, -0.15) is 0 Å². The molecule has 4 heteroatoms. The Morgan fingerprint density at radius 3 is 2.37 bits per heavy atom. The Bertz CT molecular complexity index is 567. The molecule has 0 atom stereocenters. The van der Waals surface area contributed by atoms with Crippen molar-refractivity contribution in [2.24, 2.45) is 0 Å². The van der Waals surface area contributed by atoms with E-state index in [9.17, 15) is 4.79 Å². The van der Waals surface area contributed by atoms with Crippen LogP contribution in [-0.2, 0) is 6.42 Å². The van der Waals surface area contributed by atoms with E-state index in [4.69, 9.17) is 0 Å². The maximum absolute atomic E-state index is 11.8. The lowest BCUT2D eigenvalue weighted by Crippen LogP contribution is -2.19. The van der Waals surface area contributed by atoms with Gasteiger partial charge >= 0.3 is 6.03 Å². The lowest BCUT2D eigenvalue weighted by atomic mass is 10.1. The second-order valence-corrected chi connectivity index (χ2v) is 4.63. The Kier molecular flexibility index (Phi) is 4.47. The minimum absolute atomic E-state index is 0.272. The van der Waals surface area contributed by atoms with E-state index in [-0.39, 0.29) is 6.03 Å². The number of aryl methyl sites for hydroxylation is 1. The highest BCUT2D eigenvalue weighted by Crippen LogP contribution is 2.19. The van der Waals surface area contributed by atoms with Crippen LogP contribution in [0.3, 0.4) is 0 Å². The van der Waals surface area contributed by atoms with Gasteiger partial charge in [-0.15, -0.1) is 12.6 Å². The molecule has 0 fully saturated rings. The van der Waals surface area contributed by atoms with Crippen LogP contribution in [0.15, 0.2) is 53.4 Å². The zero-order valence-electron chi connectivity index (χ0n) is 10.7. The monoisotopic (exact) mass is 272 g/mol. The van der Waals surface area contributed by atoms with Crippen LogP contribution in [0.25, 0.3) is 0 Å². The van der Waals surface area contributed by atoms with E-state index in [2.05, 4.69) is 30.2 Å². The number of carbonyl (C=O) groups excluding carboxylic acids is 1. The van der Waals surface area contributed by atoms with E-state index < -0.39 is 0 Å². The van der Waals surface area contributed by atoms with Crippen molar-refractivity contribution < 1.29 is 4.79 Å². The van der Waals surface area contributed by atoms with E-state index in [0.717, 1.165) is 17.0 Å². The SMILES string of the molecule is CCc1ccc(NC(=O)Nc2ccccc2S)cc1. The fourth-order valence-corrected chi connectivity index (χ4v) is 1.90. The quantitative estimate of drug-likeness (QED) is 0.721. The number of benzene rings is 2. The van der Waals surface area contributed by atoms with Crippen LogP contribution in [-0.4, -0.2) is 6.03 Å². The molecule has 0 aliphatic carbocycles. The van der Waals surface area contributed by atoms with Crippen molar-refractivity contribution in [3.63, 3.8) is 0 Å². The molecular formula is C15H16N2OS. The van der Waals surface area contributed by atoms with Gasteiger partial charge in [0.1, 0.15) is 0 Å². The van der Waals surface area contributed by atoms with Crippen molar-refractivity contribution in [3.05, 3.63) is 54.1 Å². The van der Waals surface area contributed by atoms with Gasteiger partial charge in [-0.3, -0.25) is 0 Å². The number of thiol groups is 1. The fourth-order valence-electron chi connectivity index (χ4n) is 1.69. The summed E-state index contributed by atoms with van der Waals surface area (Å²) >= 11 is 4.28. The lowest BCUT2D eigenvalue weighted by molar-refractivity contribution is 0.262. The smallest absolute Gasteiger partial charge is 0.308 e. The Labute approximate surface area is 118 Å². The highest BCUT2D eigenvalue weighted by Gasteiger charge is 2.04. The number of rotatable bonds is 3. The second-order valence-electron chi connectivity index (χ2n) is 4.15. The average Bonchev–Trinajstić information content (AvgIpc) is 2.42. The summed E-state index contributed by atoms with van der Waals surface area (Å²) in [5.74, 6) is 0. The van der Waals surface area contributed by atoms with Crippen LogP contribution < -0.4 is 10.6 Å². The number of hydrogen-bond acceptors (Lipinski definition) is 2. The molecule has 0 unspecified atom stereocenters. The third-order valence-corrected chi connectivity index (χ3v) is 3.16. The molecule has 0 saturated carbocycles. The van der Waals surface area contributed by atoms with Crippen molar-refractivity contribution in [1.29, 1.82) is 0 Å². The van der Waals surface area contributed by atoms with Gasteiger partial charge in [0, 0.05) is 10.6 Å². The first kappa shape index (κ1) is 13.5. The summed E-state index contributed by atoms with van der Waals surface area (Å²) in [7, 11) is 0. The predicted molar refractivity (Wildman–Crippen MR) is 82.2 cm³/mol. The van der Waals surface area contributed by atoms with Crippen molar-refractivity contribution in [2.45, 2.75) is 18.2 Å². The van der Waals surface area contributed by atoms with Crippen molar-refractivity contribution in [2.75, 3.05) is 10.6 Å². The molecular weight excluding hydrogens is 256 g/mol. The fraction of sp³-hybridized carbons (Fsp3) is 0.133. The predicted octanol–water partition coefficient (Wildman–Crippen LogP) is 4.18.